The number of anilines is 2. The highest BCUT2D eigenvalue weighted by atomic mass is 19.1. The predicted octanol–water partition coefficient (Wildman–Crippen LogP) is 3.17. The molecule has 1 aromatic heterocycles. The van der Waals surface area contributed by atoms with E-state index in [9.17, 15) is 4.39 Å². The SMILES string of the molecule is Nc1ccc(N(Cc2ccco2)C2CC2)c(F)c1. The first kappa shape index (κ1) is 11.1. The van der Waals surface area contributed by atoms with E-state index in [0.717, 1.165) is 18.6 Å². The monoisotopic (exact) mass is 246 g/mol. The molecule has 2 aromatic rings. The van der Waals surface area contributed by atoms with Gasteiger partial charge in [0.15, 0.2) is 0 Å². The van der Waals surface area contributed by atoms with E-state index >= 15 is 0 Å². The Morgan fingerprint density at radius 3 is 2.78 bits per heavy atom. The van der Waals surface area contributed by atoms with Gasteiger partial charge in [0.2, 0.25) is 0 Å². The van der Waals surface area contributed by atoms with E-state index in [0.29, 0.717) is 24.0 Å². The Labute approximate surface area is 105 Å². The van der Waals surface area contributed by atoms with Crippen molar-refractivity contribution in [1.82, 2.24) is 0 Å². The van der Waals surface area contributed by atoms with E-state index in [4.69, 9.17) is 10.2 Å². The average molecular weight is 246 g/mol. The molecule has 1 heterocycles. The molecule has 0 aliphatic heterocycles. The summed E-state index contributed by atoms with van der Waals surface area (Å²) in [7, 11) is 0. The van der Waals surface area contributed by atoms with Crippen molar-refractivity contribution in [2.75, 3.05) is 10.6 Å². The number of halogens is 1. The fraction of sp³-hybridized carbons (Fsp3) is 0.286. The minimum absolute atomic E-state index is 0.270. The number of hydrogen-bond acceptors (Lipinski definition) is 3. The standard InChI is InChI=1S/C14H15FN2O/c15-13-8-10(16)3-6-14(13)17(11-4-5-11)9-12-2-1-7-18-12/h1-3,6-8,11H,4-5,9,16H2. The third-order valence-electron chi connectivity index (χ3n) is 3.18. The van der Waals surface area contributed by atoms with Crippen molar-refractivity contribution in [1.29, 1.82) is 0 Å². The van der Waals surface area contributed by atoms with Gasteiger partial charge < -0.3 is 15.1 Å². The molecule has 0 amide bonds. The quantitative estimate of drug-likeness (QED) is 0.842. The topological polar surface area (TPSA) is 42.4 Å². The first-order chi connectivity index (χ1) is 8.74. The van der Waals surface area contributed by atoms with Crippen LogP contribution in [0.1, 0.15) is 18.6 Å². The first-order valence-electron chi connectivity index (χ1n) is 6.08. The molecule has 1 aromatic carbocycles. The van der Waals surface area contributed by atoms with Crippen molar-refractivity contribution in [3.8, 4) is 0 Å². The van der Waals surface area contributed by atoms with E-state index in [-0.39, 0.29) is 5.82 Å². The molecule has 0 unspecified atom stereocenters. The fourth-order valence-electron chi connectivity index (χ4n) is 2.12. The van der Waals surface area contributed by atoms with Crippen LogP contribution in [-0.4, -0.2) is 6.04 Å². The van der Waals surface area contributed by atoms with Gasteiger partial charge in [-0.1, -0.05) is 0 Å². The third kappa shape index (κ3) is 2.18. The Bertz CT molecular complexity index is 535. The summed E-state index contributed by atoms with van der Waals surface area (Å²) in [5, 5.41) is 0. The average Bonchev–Trinajstić information content (AvgIpc) is 3.05. The number of nitrogens with zero attached hydrogens (tertiary/aromatic N) is 1. The molecule has 94 valence electrons. The summed E-state index contributed by atoms with van der Waals surface area (Å²) >= 11 is 0. The lowest BCUT2D eigenvalue weighted by atomic mass is 10.2. The highest BCUT2D eigenvalue weighted by molar-refractivity contribution is 5.55. The smallest absolute Gasteiger partial charge is 0.148 e. The molecule has 1 aliphatic rings. The summed E-state index contributed by atoms with van der Waals surface area (Å²) < 4.78 is 19.3. The number of nitrogens with two attached hydrogens (primary N) is 1. The lowest BCUT2D eigenvalue weighted by Gasteiger charge is -2.24. The van der Waals surface area contributed by atoms with Crippen molar-refractivity contribution in [3.63, 3.8) is 0 Å². The van der Waals surface area contributed by atoms with E-state index in [1.54, 1.807) is 18.4 Å². The molecule has 2 N–H and O–H groups in total. The second kappa shape index (κ2) is 4.37. The zero-order chi connectivity index (χ0) is 12.5. The van der Waals surface area contributed by atoms with Gasteiger partial charge in [-0.3, -0.25) is 0 Å². The maximum atomic E-state index is 14.0. The Morgan fingerprint density at radius 2 is 2.17 bits per heavy atom. The van der Waals surface area contributed by atoms with Crippen LogP contribution >= 0.6 is 0 Å². The molecule has 0 saturated heterocycles. The van der Waals surface area contributed by atoms with Gasteiger partial charge in [-0.2, -0.15) is 0 Å². The van der Waals surface area contributed by atoms with Crippen molar-refractivity contribution in [3.05, 3.63) is 48.2 Å². The minimum atomic E-state index is -0.270. The van der Waals surface area contributed by atoms with Crippen LogP contribution in [0.3, 0.4) is 0 Å². The van der Waals surface area contributed by atoms with Gasteiger partial charge in [0.25, 0.3) is 0 Å². The highest BCUT2D eigenvalue weighted by Gasteiger charge is 2.31. The molecule has 4 heteroatoms. The lowest BCUT2D eigenvalue weighted by molar-refractivity contribution is 0.498. The number of rotatable bonds is 4. The van der Waals surface area contributed by atoms with Gasteiger partial charge in [0.1, 0.15) is 11.6 Å². The Morgan fingerprint density at radius 1 is 1.33 bits per heavy atom. The summed E-state index contributed by atoms with van der Waals surface area (Å²) in [4.78, 5) is 2.05. The Kier molecular flexibility index (Phi) is 2.70. The van der Waals surface area contributed by atoms with Gasteiger partial charge in [-0.25, -0.2) is 4.39 Å². The first-order valence-corrected chi connectivity index (χ1v) is 6.08. The molecular weight excluding hydrogens is 231 g/mol. The van der Waals surface area contributed by atoms with Gasteiger partial charge in [0, 0.05) is 11.7 Å². The molecule has 3 nitrogen and oxygen atoms in total. The molecule has 1 saturated carbocycles. The summed E-state index contributed by atoms with van der Waals surface area (Å²) in [6, 6.07) is 9.01. The summed E-state index contributed by atoms with van der Waals surface area (Å²) in [6.45, 7) is 0.596. The van der Waals surface area contributed by atoms with Crippen LogP contribution in [0.4, 0.5) is 15.8 Å². The van der Waals surface area contributed by atoms with Crippen LogP contribution in [-0.2, 0) is 6.54 Å². The Hall–Kier alpha value is -1.97. The maximum absolute atomic E-state index is 14.0. The molecule has 0 radical (unpaired) electrons. The molecule has 1 fully saturated rings. The van der Waals surface area contributed by atoms with E-state index in [1.165, 1.54) is 6.07 Å². The fourth-order valence-corrected chi connectivity index (χ4v) is 2.12. The number of nitrogen functional groups attached to an aromatic ring is 1. The van der Waals surface area contributed by atoms with E-state index < -0.39 is 0 Å². The molecule has 1 aliphatic carbocycles. The molecule has 18 heavy (non-hydrogen) atoms. The molecular formula is C14H15FN2O. The summed E-state index contributed by atoms with van der Waals surface area (Å²) in [6.07, 6.45) is 3.84. The van der Waals surface area contributed by atoms with Gasteiger partial charge in [-0.15, -0.1) is 0 Å². The molecule has 0 spiro atoms. The second-order valence-corrected chi connectivity index (χ2v) is 4.65. The predicted molar refractivity (Wildman–Crippen MR) is 68.7 cm³/mol. The van der Waals surface area contributed by atoms with Crippen LogP contribution in [0.5, 0.6) is 0 Å². The van der Waals surface area contributed by atoms with E-state index in [2.05, 4.69) is 0 Å². The van der Waals surface area contributed by atoms with Crippen LogP contribution < -0.4 is 10.6 Å². The zero-order valence-electron chi connectivity index (χ0n) is 9.97. The maximum Gasteiger partial charge on any atom is 0.148 e. The van der Waals surface area contributed by atoms with E-state index in [1.807, 2.05) is 17.0 Å². The van der Waals surface area contributed by atoms with Crippen molar-refractivity contribution < 1.29 is 8.81 Å². The van der Waals surface area contributed by atoms with Gasteiger partial charge in [-0.05, 0) is 43.2 Å². The second-order valence-electron chi connectivity index (χ2n) is 4.65. The van der Waals surface area contributed by atoms with Crippen LogP contribution in [0.25, 0.3) is 0 Å². The summed E-state index contributed by atoms with van der Waals surface area (Å²) in [5.41, 5.74) is 6.63. The van der Waals surface area contributed by atoms with Gasteiger partial charge >= 0.3 is 0 Å². The normalized spacial score (nSPS) is 14.7. The number of furan rings is 1. The van der Waals surface area contributed by atoms with Crippen LogP contribution in [0.2, 0.25) is 0 Å². The number of benzene rings is 1. The highest BCUT2D eigenvalue weighted by Crippen LogP contribution is 2.35. The van der Waals surface area contributed by atoms with Crippen LogP contribution in [0, 0.1) is 5.82 Å². The molecule has 0 bridgehead atoms. The van der Waals surface area contributed by atoms with Crippen LogP contribution in [0.15, 0.2) is 41.0 Å². The third-order valence-corrected chi connectivity index (χ3v) is 3.18. The largest absolute Gasteiger partial charge is 0.467 e. The van der Waals surface area contributed by atoms with Gasteiger partial charge in [0.05, 0.1) is 18.5 Å². The lowest BCUT2D eigenvalue weighted by Crippen LogP contribution is -2.25. The Balaban J connectivity index is 1.89. The minimum Gasteiger partial charge on any atom is -0.467 e. The number of hydrogen-bond donors (Lipinski definition) is 1. The van der Waals surface area contributed by atoms with Crippen molar-refractivity contribution >= 4 is 11.4 Å². The summed E-state index contributed by atoms with van der Waals surface area (Å²) in [5.74, 6) is 0.576. The van der Waals surface area contributed by atoms with Crippen molar-refractivity contribution in [2.45, 2.75) is 25.4 Å². The zero-order valence-corrected chi connectivity index (χ0v) is 9.97. The molecule has 0 atom stereocenters. The van der Waals surface area contributed by atoms with Crippen molar-refractivity contribution in [2.24, 2.45) is 0 Å². The molecule has 3 rings (SSSR count).